The topological polar surface area (TPSA) is 97.0 Å². The van der Waals surface area contributed by atoms with Crippen LogP contribution >= 0.6 is 11.3 Å². The normalized spacial score (nSPS) is 15.7. The molecule has 1 unspecified atom stereocenters. The van der Waals surface area contributed by atoms with Crippen molar-refractivity contribution in [2.24, 2.45) is 0 Å². The Labute approximate surface area is 172 Å². The van der Waals surface area contributed by atoms with Gasteiger partial charge in [0.05, 0.1) is 18.6 Å². The van der Waals surface area contributed by atoms with E-state index in [1.807, 2.05) is 12.3 Å². The molecule has 1 aromatic heterocycles. The highest BCUT2D eigenvalue weighted by Crippen LogP contribution is 2.28. The summed E-state index contributed by atoms with van der Waals surface area (Å²) in [5.74, 6) is -0.119. The van der Waals surface area contributed by atoms with Crippen molar-refractivity contribution in [3.05, 3.63) is 46.2 Å². The molecule has 1 saturated heterocycles. The van der Waals surface area contributed by atoms with Crippen molar-refractivity contribution in [1.29, 1.82) is 0 Å². The maximum Gasteiger partial charge on any atom is 0.269 e. The van der Waals surface area contributed by atoms with Crippen LogP contribution in [-0.4, -0.2) is 48.9 Å². The monoisotopic (exact) mass is 417 g/mol. The minimum atomic E-state index is -0.611. The Morgan fingerprint density at radius 1 is 1.21 bits per heavy atom. The number of carbonyl (C=O) groups is 3. The van der Waals surface area contributed by atoms with Crippen LogP contribution in [0.1, 0.15) is 39.8 Å². The highest BCUT2D eigenvalue weighted by Gasteiger charge is 2.35. The molecule has 9 heteroatoms. The van der Waals surface area contributed by atoms with Crippen LogP contribution in [0.2, 0.25) is 0 Å². The van der Waals surface area contributed by atoms with Gasteiger partial charge >= 0.3 is 0 Å². The summed E-state index contributed by atoms with van der Waals surface area (Å²) in [6.45, 7) is 2.84. The van der Waals surface area contributed by atoms with Gasteiger partial charge < -0.3 is 14.4 Å². The molecule has 2 heterocycles. The van der Waals surface area contributed by atoms with Gasteiger partial charge in [0.2, 0.25) is 0 Å². The number of nitrogens with one attached hydrogen (secondary N) is 2. The molecule has 2 N–H and O–H groups in total. The van der Waals surface area contributed by atoms with E-state index in [0.29, 0.717) is 41.5 Å². The van der Waals surface area contributed by atoms with Gasteiger partial charge in [-0.2, -0.15) is 0 Å². The fraction of sp³-hybridized carbons (Fsp3) is 0.350. The fourth-order valence-electron chi connectivity index (χ4n) is 3.18. The number of hydrazine groups is 1. The van der Waals surface area contributed by atoms with Crippen LogP contribution in [0.15, 0.2) is 35.7 Å². The van der Waals surface area contributed by atoms with Crippen molar-refractivity contribution in [3.63, 3.8) is 0 Å². The first-order valence-corrected chi connectivity index (χ1v) is 10.2. The molecule has 8 nitrogen and oxygen atoms in total. The van der Waals surface area contributed by atoms with Gasteiger partial charge in [-0.1, -0.05) is 6.07 Å². The molecule has 0 bridgehead atoms. The molecule has 2 aromatic rings. The van der Waals surface area contributed by atoms with Crippen molar-refractivity contribution in [3.8, 4) is 11.5 Å². The van der Waals surface area contributed by atoms with Crippen molar-refractivity contribution in [2.45, 2.75) is 25.8 Å². The average Bonchev–Trinajstić information content (AvgIpc) is 3.44. The predicted molar refractivity (Wildman–Crippen MR) is 108 cm³/mol. The summed E-state index contributed by atoms with van der Waals surface area (Å²) in [4.78, 5) is 39.7. The summed E-state index contributed by atoms with van der Waals surface area (Å²) in [6.07, 6.45) is 1.29. The number of methoxy groups -OCH3 is 1. The molecule has 1 aliphatic heterocycles. The lowest BCUT2D eigenvalue weighted by molar-refractivity contribution is -0.125. The van der Waals surface area contributed by atoms with Crippen LogP contribution in [0.5, 0.6) is 11.5 Å². The van der Waals surface area contributed by atoms with E-state index in [0.717, 1.165) is 6.42 Å². The Kier molecular flexibility index (Phi) is 6.71. The number of nitrogens with zero attached hydrogens (tertiary/aromatic N) is 1. The van der Waals surface area contributed by atoms with Gasteiger partial charge in [-0.25, -0.2) is 0 Å². The Hall–Kier alpha value is -3.07. The maximum atomic E-state index is 12.6. The number of amides is 3. The third kappa shape index (κ3) is 4.68. The Morgan fingerprint density at radius 3 is 2.72 bits per heavy atom. The van der Waals surface area contributed by atoms with Crippen molar-refractivity contribution in [2.75, 3.05) is 20.3 Å². The van der Waals surface area contributed by atoms with Crippen LogP contribution in [0.3, 0.4) is 0 Å². The molecular weight excluding hydrogens is 394 g/mol. The van der Waals surface area contributed by atoms with E-state index < -0.39 is 17.9 Å². The first kappa shape index (κ1) is 20.7. The summed E-state index contributed by atoms with van der Waals surface area (Å²) >= 11 is 1.34. The fourth-order valence-corrected chi connectivity index (χ4v) is 3.86. The lowest BCUT2D eigenvalue weighted by atomic mass is 10.2. The molecular formula is C20H23N3O5S. The highest BCUT2D eigenvalue weighted by molar-refractivity contribution is 7.12. The van der Waals surface area contributed by atoms with Gasteiger partial charge in [0.15, 0.2) is 11.5 Å². The van der Waals surface area contributed by atoms with Gasteiger partial charge in [-0.3, -0.25) is 25.2 Å². The SMILES string of the molecule is CCOc1ccc(C(=O)NNC(=O)C2CCCN2C(=O)c2cccs2)cc1OC. The quantitative estimate of drug-likeness (QED) is 0.703. The predicted octanol–water partition coefficient (Wildman–Crippen LogP) is 2.22. The van der Waals surface area contributed by atoms with E-state index >= 15 is 0 Å². The third-order valence-electron chi connectivity index (χ3n) is 4.57. The van der Waals surface area contributed by atoms with Crippen molar-refractivity contribution < 1.29 is 23.9 Å². The van der Waals surface area contributed by atoms with E-state index in [1.54, 1.807) is 29.2 Å². The zero-order chi connectivity index (χ0) is 20.8. The molecule has 0 saturated carbocycles. The minimum absolute atomic E-state index is 0.166. The number of benzene rings is 1. The molecule has 29 heavy (non-hydrogen) atoms. The van der Waals surface area contributed by atoms with Gasteiger partial charge in [0.25, 0.3) is 17.7 Å². The van der Waals surface area contributed by atoms with Gasteiger partial charge in [-0.05, 0) is 49.4 Å². The highest BCUT2D eigenvalue weighted by atomic mass is 32.1. The first-order valence-electron chi connectivity index (χ1n) is 9.30. The number of thiophene rings is 1. The van der Waals surface area contributed by atoms with E-state index in [4.69, 9.17) is 9.47 Å². The van der Waals surface area contributed by atoms with Crippen LogP contribution in [0, 0.1) is 0 Å². The average molecular weight is 417 g/mol. The second-order valence-electron chi connectivity index (χ2n) is 6.38. The molecule has 154 valence electrons. The van der Waals surface area contributed by atoms with E-state index in [-0.39, 0.29) is 5.91 Å². The van der Waals surface area contributed by atoms with Gasteiger partial charge in [0.1, 0.15) is 6.04 Å². The van der Waals surface area contributed by atoms with Gasteiger partial charge in [-0.15, -0.1) is 11.3 Å². The lowest BCUT2D eigenvalue weighted by Gasteiger charge is -2.23. The van der Waals surface area contributed by atoms with Crippen LogP contribution in [0.25, 0.3) is 0 Å². The van der Waals surface area contributed by atoms with Gasteiger partial charge in [0, 0.05) is 12.1 Å². The summed E-state index contributed by atoms with van der Waals surface area (Å²) < 4.78 is 10.7. The standard InChI is InChI=1S/C20H23N3O5S/c1-3-28-15-9-8-13(12-16(15)27-2)18(24)21-22-19(25)14-6-4-10-23(14)20(26)17-7-5-11-29-17/h5,7-9,11-12,14H,3-4,6,10H2,1-2H3,(H,21,24)(H,22,25). The summed E-state index contributed by atoms with van der Waals surface area (Å²) in [6, 6.07) is 7.68. The number of carbonyl (C=O) groups excluding carboxylic acids is 3. The molecule has 3 rings (SSSR count). The second-order valence-corrected chi connectivity index (χ2v) is 7.32. The maximum absolute atomic E-state index is 12.6. The molecule has 1 atom stereocenters. The van der Waals surface area contributed by atoms with Crippen LogP contribution in [-0.2, 0) is 4.79 Å². The number of likely N-dealkylation sites (tertiary alicyclic amines) is 1. The minimum Gasteiger partial charge on any atom is -0.493 e. The second kappa shape index (κ2) is 9.42. The molecule has 3 amide bonds. The Bertz CT molecular complexity index is 884. The lowest BCUT2D eigenvalue weighted by Crippen LogP contribution is -2.51. The number of hydrogen-bond acceptors (Lipinski definition) is 6. The third-order valence-corrected chi connectivity index (χ3v) is 5.43. The molecule has 1 aliphatic rings. The van der Waals surface area contributed by atoms with Crippen molar-refractivity contribution >= 4 is 29.1 Å². The molecule has 0 radical (unpaired) electrons. The van der Waals surface area contributed by atoms with E-state index in [9.17, 15) is 14.4 Å². The Morgan fingerprint density at radius 2 is 2.03 bits per heavy atom. The largest absolute Gasteiger partial charge is 0.493 e. The number of hydrogen-bond donors (Lipinski definition) is 2. The number of rotatable bonds is 6. The van der Waals surface area contributed by atoms with E-state index in [1.165, 1.54) is 24.5 Å². The summed E-state index contributed by atoms with van der Waals surface area (Å²) in [5, 5.41) is 1.82. The first-order chi connectivity index (χ1) is 14.0. The molecule has 1 fully saturated rings. The molecule has 1 aromatic carbocycles. The van der Waals surface area contributed by atoms with Crippen molar-refractivity contribution in [1.82, 2.24) is 15.8 Å². The summed E-state index contributed by atoms with van der Waals surface area (Å²) in [5.41, 5.74) is 5.14. The molecule has 0 spiro atoms. The van der Waals surface area contributed by atoms with Crippen LogP contribution < -0.4 is 20.3 Å². The molecule has 0 aliphatic carbocycles. The zero-order valence-corrected chi connectivity index (χ0v) is 17.1. The Balaban J connectivity index is 1.61. The van der Waals surface area contributed by atoms with Crippen LogP contribution in [0.4, 0.5) is 0 Å². The van der Waals surface area contributed by atoms with E-state index in [2.05, 4.69) is 10.9 Å². The smallest absolute Gasteiger partial charge is 0.269 e. The zero-order valence-electron chi connectivity index (χ0n) is 16.3. The number of ether oxygens (including phenoxy) is 2. The summed E-state index contributed by atoms with van der Waals surface area (Å²) in [7, 11) is 1.49.